The Morgan fingerprint density at radius 3 is 2.48 bits per heavy atom. The lowest BCUT2D eigenvalue weighted by Crippen LogP contribution is -2.32. The van der Waals surface area contributed by atoms with Gasteiger partial charge in [0, 0.05) is 12.6 Å². The lowest BCUT2D eigenvalue weighted by molar-refractivity contribution is -0.385. The Kier molecular flexibility index (Phi) is 4.98. The highest BCUT2D eigenvalue weighted by molar-refractivity contribution is 6.23. The van der Waals surface area contributed by atoms with Crippen LogP contribution >= 0.6 is 0 Å². The van der Waals surface area contributed by atoms with Gasteiger partial charge in [-0.1, -0.05) is 35.9 Å². The Balaban J connectivity index is 1.61. The van der Waals surface area contributed by atoms with Crippen molar-refractivity contribution in [3.8, 4) is 0 Å². The summed E-state index contributed by atoms with van der Waals surface area (Å²) >= 11 is 0. The van der Waals surface area contributed by atoms with Crippen LogP contribution in [0.5, 0.6) is 0 Å². The third-order valence-corrected chi connectivity index (χ3v) is 4.23. The van der Waals surface area contributed by atoms with Crippen LogP contribution in [0.4, 0.5) is 5.69 Å². The number of carbonyl (C=O) groups is 3. The van der Waals surface area contributed by atoms with Gasteiger partial charge in [0.1, 0.15) is 12.2 Å². The molecule has 1 aliphatic heterocycles. The van der Waals surface area contributed by atoms with E-state index in [1.165, 1.54) is 18.2 Å². The van der Waals surface area contributed by atoms with Crippen molar-refractivity contribution in [2.75, 3.05) is 6.54 Å². The van der Waals surface area contributed by atoms with Gasteiger partial charge >= 0.3 is 5.97 Å². The summed E-state index contributed by atoms with van der Waals surface area (Å²) in [6.07, 6.45) is -0.189. The van der Waals surface area contributed by atoms with Crippen molar-refractivity contribution in [1.29, 1.82) is 0 Å². The molecule has 0 radical (unpaired) electrons. The molecular weight excluding hydrogens is 352 g/mol. The molecule has 0 unspecified atom stereocenters. The van der Waals surface area contributed by atoms with Gasteiger partial charge < -0.3 is 4.74 Å². The maximum Gasteiger partial charge on any atom is 0.307 e. The summed E-state index contributed by atoms with van der Waals surface area (Å²) in [4.78, 5) is 47.9. The van der Waals surface area contributed by atoms with Crippen LogP contribution in [0.2, 0.25) is 0 Å². The second kappa shape index (κ2) is 7.36. The summed E-state index contributed by atoms with van der Waals surface area (Å²) in [5.41, 5.74) is 1.23. The SMILES string of the molecule is Cc1ccc(COC(=O)CCN2C(=O)c3cccc([N+](=O)[O-])c3C2=O)cc1. The maximum absolute atomic E-state index is 12.4. The predicted molar refractivity (Wildman–Crippen MR) is 94.1 cm³/mol. The number of nitro groups is 1. The highest BCUT2D eigenvalue weighted by atomic mass is 16.6. The van der Waals surface area contributed by atoms with Crippen LogP contribution in [0, 0.1) is 17.0 Å². The fourth-order valence-electron chi connectivity index (χ4n) is 2.79. The van der Waals surface area contributed by atoms with Crippen LogP contribution in [0.3, 0.4) is 0 Å². The fraction of sp³-hybridized carbons (Fsp3) is 0.211. The van der Waals surface area contributed by atoms with Crippen LogP contribution in [-0.2, 0) is 16.1 Å². The van der Waals surface area contributed by atoms with E-state index in [9.17, 15) is 24.5 Å². The van der Waals surface area contributed by atoms with E-state index in [2.05, 4.69) is 0 Å². The van der Waals surface area contributed by atoms with E-state index >= 15 is 0 Å². The summed E-state index contributed by atoms with van der Waals surface area (Å²) in [6, 6.07) is 11.4. The van der Waals surface area contributed by atoms with E-state index < -0.39 is 28.4 Å². The van der Waals surface area contributed by atoms with Gasteiger partial charge in [-0.15, -0.1) is 0 Å². The van der Waals surface area contributed by atoms with Crippen molar-refractivity contribution in [3.05, 3.63) is 74.8 Å². The quantitative estimate of drug-likeness (QED) is 0.336. The first-order valence-electron chi connectivity index (χ1n) is 8.23. The Morgan fingerprint density at radius 1 is 1.11 bits per heavy atom. The van der Waals surface area contributed by atoms with Crippen molar-refractivity contribution < 1.29 is 24.0 Å². The number of hydrogen-bond acceptors (Lipinski definition) is 6. The van der Waals surface area contributed by atoms with Crippen molar-refractivity contribution in [1.82, 2.24) is 4.90 Å². The van der Waals surface area contributed by atoms with Gasteiger partial charge in [0.05, 0.1) is 16.9 Å². The summed E-state index contributed by atoms with van der Waals surface area (Å²) in [6.45, 7) is 1.84. The molecule has 27 heavy (non-hydrogen) atoms. The number of nitrogens with zero attached hydrogens (tertiary/aromatic N) is 2. The normalized spacial score (nSPS) is 12.9. The lowest BCUT2D eigenvalue weighted by atomic mass is 10.1. The number of rotatable bonds is 6. The number of hydrogen-bond donors (Lipinski definition) is 0. The number of fused-ring (bicyclic) bond motifs is 1. The van der Waals surface area contributed by atoms with Gasteiger partial charge in [-0.2, -0.15) is 0 Å². The first-order chi connectivity index (χ1) is 12.9. The monoisotopic (exact) mass is 368 g/mol. The molecule has 8 heteroatoms. The number of imide groups is 1. The average Bonchev–Trinajstić information content (AvgIpc) is 2.90. The zero-order valence-corrected chi connectivity index (χ0v) is 14.5. The number of amides is 2. The standard InChI is InChI=1S/C19H16N2O6/c1-12-5-7-13(8-6-12)11-27-16(22)9-10-20-18(23)14-3-2-4-15(21(25)26)17(14)19(20)24/h2-8H,9-11H2,1H3. The predicted octanol–water partition coefficient (Wildman–Crippen LogP) is 2.63. The van der Waals surface area contributed by atoms with E-state index in [1.807, 2.05) is 31.2 Å². The Morgan fingerprint density at radius 2 is 1.81 bits per heavy atom. The van der Waals surface area contributed by atoms with Crippen LogP contribution in [-0.4, -0.2) is 34.2 Å². The number of nitro benzene ring substituents is 1. The molecule has 0 N–H and O–H groups in total. The number of esters is 1. The summed E-state index contributed by atoms with van der Waals surface area (Å²) in [7, 11) is 0. The molecule has 2 aromatic carbocycles. The van der Waals surface area contributed by atoms with E-state index in [4.69, 9.17) is 4.74 Å². The highest BCUT2D eigenvalue weighted by Crippen LogP contribution is 2.30. The largest absolute Gasteiger partial charge is 0.461 e. The minimum absolute atomic E-state index is 0.0257. The van der Waals surface area contributed by atoms with Crippen molar-refractivity contribution >= 4 is 23.5 Å². The molecule has 2 aromatic rings. The van der Waals surface area contributed by atoms with Gasteiger partial charge in [-0.05, 0) is 18.6 Å². The lowest BCUT2D eigenvalue weighted by Gasteiger charge is -2.13. The third kappa shape index (κ3) is 3.69. The van der Waals surface area contributed by atoms with Gasteiger partial charge in [-0.3, -0.25) is 29.4 Å². The van der Waals surface area contributed by atoms with Gasteiger partial charge in [0.25, 0.3) is 17.5 Å². The molecule has 0 spiro atoms. The van der Waals surface area contributed by atoms with Crippen molar-refractivity contribution in [2.45, 2.75) is 20.0 Å². The molecule has 0 aromatic heterocycles. The molecule has 138 valence electrons. The first-order valence-corrected chi connectivity index (χ1v) is 8.23. The second-order valence-corrected chi connectivity index (χ2v) is 6.12. The molecule has 8 nitrogen and oxygen atoms in total. The first kappa shape index (κ1) is 18.2. The van der Waals surface area contributed by atoms with Crippen LogP contribution in [0.15, 0.2) is 42.5 Å². The maximum atomic E-state index is 12.4. The third-order valence-electron chi connectivity index (χ3n) is 4.23. The van der Waals surface area contributed by atoms with Crippen LogP contribution < -0.4 is 0 Å². The molecule has 2 amide bonds. The molecule has 0 aliphatic carbocycles. The molecule has 0 saturated heterocycles. The van der Waals surface area contributed by atoms with Crippen LogP contribution in [0.1, 0.15) is 38.3 Å². The smallest absolute Gasteiger partial charge is 0.307 e. The van der Waals surface area contributed by atoms with Gasteiger partial charge in [-0.25, -0.2) is 0 Å². The molecule has 0 saturated carbocycles. The number of benzene rings is 2. The van der Waals surface area contributed by atoms with E-state index in [0.29, 0.717) is 0 Å². The Hall–Kier alpha value is -3.55. The van der Waals surface area contributed by atoms with Gasteiger partial charge in [0.15, 0.2) is 0 Å². The molecular formula is C19H16N2O6. The van der Waals surface area contributed by atoms with E-state index in [-0.39, 0.29) is 30.7 Å². The summed E-state index contributed by atoms with van der Waals surface area (Å²) in [5.74, 6) is -1.99. The minimum Gasteiger partial charge on any atom is -0.461 e. The fourth-order valence-corrected chi connectivity index (χ4v) is 2.79. The minimum atomic E-state index is -0.770. The zero-order valence-electron chi connectivity index (χ0n) is 14.5. The summed E-state index contributed by atoms with van der Waals surface area (Å²) in [5, 5.41) is 11.1. The van der Waals surface area contributed by atoms with E-state index in [0.717, 1.165) is 16.0 Å². The molecule has 0 fully saturated rings. The topological polar surface area (TPSA) is 107 Å². The van der Waals surface area contributed by atoms with Crippen LogP contribution in [0.25, 0.3) is 0 Å². The molecule has 0 bridgehead atoms. The number of ether oxygens (including phenoxy) is 1. The average molecular weight is 368 g/mol. The zero-order chi connectivity index (χ0) is 19.6. The highest BCUT2D eigenvalue weighted by Gasteiger charge is 2.40. The summed E-state index contributed by atoms with van der Waals surface area (Å²) < 4.78 is 5.14. The Labute approximate surface area is 154 Å². The number of aryl methyl sites for hydroxylation is 1. The Bertz CT molecular complexity index is 936. The molecule has 0 atom stereocenters. The van der Waals surface area contributed by atoms with Crippen molar-refractivity contribution in [2.24, 2.45) is 0 Å². The van der Waals surface area contributed by atoms with E-state index in [1.54, 1.807) is 0 Å². The molecule has 1 heterocycles. The number of carbonyl (C=O) groups excluding carboxylic acids is 3. The van der Waals surface area contributed by atoms with Gasteiger partial charge in [0.2, 0.25) is 0 Å². The molecule has 3 rings (SSSR count). The molecule has 1 aliphatic rings. The van der Waals surface area contributed by atoms with Crippen molar-refractivity contribution in [3.63, 3.8) is 0 Å². The second-order valence-electron chi connectivity index (χ2n) is 6.12.